The lowest BCUT2D eigenvalue weighted by Crippen LogP contribution is -2.34. The fourth-order valence-corrected chi connectivity index (χ4v) is 2.97. The van der Waals surface area contributed by atoms with Crippen molar-refractivity contribution in [3.8, 4) is 5.75 Å². The van der Waals surface area contributed by atoms with Crippen molar-refractivity contribution in [1.82, 2.24) is 4.57 Å². The largest absolute Gasteiger partial charge is 0.489 e. The maximum Gasteiger partial charge on any atom is 0.412 e. The van der Waals surface area contributed by atoms with Gasteiger partial charge in [0, 0.05) is 19.0 Å². The van der Waals surface area contributed by atoms with Gasteiger partial charge < -0.3 is 14.9 Å². The summed E-state index contributed by atoms with van der Waals surface area (Å²) in [5.41, 5.74) is 0.363. The summed E-state index contributed by atoms with van der Waals surface area (Å²) < 4.78 is 7.47. The van der Waals surface area contributed by atoms with Crippen LogP contribution in [0.15, 0.2) is 23.0 Å². The molecule has 1 aromatic carbocycles. The molecule has 2 rings (SSSR count). The van der Waals surface area contributed by atoms with Crippen molar-refractivity contribution in [2.75, 3.05) is 18.6 Å². The molecule has 0 radical (unpaired) electrons. The van der Waals surface area contributed by atoms with Gasteiger partial charge in [0.15, 0.2) is 11.6 Å². The summed E-state index contributed by atoms with van der Waals surface area (Å²) in [6.07, 6.45) is 0.556. The van der Waals surface area contributed by atoms with E-state index in [1.54, 1.807) is 18.2 Å². The van der Waals surface area contributed by atoms with Gasteiger partial charge in [-0.25, -0.2) is 4.79 Å². The molecule has 27 heavy (non-hydrogen) atoms. The molecular weight excluding hydrogens is 348 g/mol. The van der Waals surface area contributed by atoms with E-state index in [2.05, 4.69) is 0 Å². The minimum atomic E-state index is -1.18. The molecule has 0 atom stereocenters. The van der Waals surface area contributed by atoms with E-state index in [1.807, 2.05) is 20.8 Å². The number of ether oxygens (including phenoxy) is 1. The lowest BCUT2D eigenvalue weighted by molar-refractivity contribution is 0.202. The molecule has 1 heterocycles. The van der Waals surface area contributed by atoms with Gasteiger partial charge >= 0.3 is 6.09 Å². The number of fused-ring (bicyclic) bond motifs is 1. The number of benzene rings is 1. The van der Waals surface area contributed by atoms with Crippen LogP contribution in [0.3, 0.4) is 0 Å². The third kappa shape index (κ3) is 4.42. The summed E-state index contributed by atoms with van der Waals surface area (Å²) in [6, 6.07) is 5.05. The summed E-state index contributed by atoms with van der Waals surface area (Å²) in [5, 5.41) is 20.0. The molecule has 0 fully saturated rings. The Labute approximate surface area is 158 Å². The van der Waals surface area contributed by atoms with Crippen LogP contribution >= 0.6 is 0 Å². The standard InChI is InChI=1S/C20H28N2O5/c1-5-6-9-27-17-16-10-14(12-23)7-8-15(16)19(24)22(11-13(2)3)18(17)21(4)20(25)26/h7-8,10,13,23H,5-6,9,11-12H2,1-4H3,(H,25,26). The summed E-state index contributed by atoms with van der Waals surface area (Å²) in [7, 11) is 1.41. The van der Waals surface area contributed by atoms with Crippen LogP contribution in [0.5, 0.6) is 5.75 Å². The summed E-state index contributed by atoms with van der Waals surface area (Å²) in [4.78, 5) is 25.8. The Bertz CT molecular complexity index is 873. The second-order valence-corrected chi connectivity index (χ2v) is 7.04. The Morgan fingerprint density at radius 1 is 1.30 bits per heavy atom. The molecule has 0 aliphatic rings. The van der Waals surface area contributed by atoms with Gasteiger partial charge in [-0.2, -0.15) is 0 Å². The van der Waals surface area contributed by atoms with Crippen molar-refractivity contribution >= 4 is 22.7 Å². The predicted molar refractivity (Wildman–Crippen MR) is 106 cm³/mol. The number of pyridine rings is 1. The second kappa shape index (κ2) is 8.90. The zero-order valence-corrected chi connectivity index (χ0v) is 16.4. The van der Waals surface area contributed by atoms with Crippen LogP contribution < -0.4 is 15.2 Å². The fraction of sp³-hybridized carbons (Fsp3) is 0.500. The van der Waals surface area contributed by atoms with Gasteiger partial charge in [0.05, 0.1) is 18.6 Å². The molecule has 1 amide bonds. The van der Waals surface area contributed by atoms with Crippen LogP contribution in [0.1, 0.15) is 39.2 Å². The first-order chi connectivity index (χ1) is 12.8. The maximum atomic E-state index is 13.1. The molecule has 0 bridgehead atoms. The van der Waals surface area contributed by atoms with Gasteiger partial charge in [-0.3, -0.25) is 14.3 Å². The molecule has 0 saturated heterocycles. The average Bonchev–Trinajstić information content (AvgIpc) is 2.63. The quantitative estimate of drug-likeness (QED) is 0.689. The predicted octanol–water partition coefficient (Wildman–Crippen LogP) is 3.44. The smallest absolute Gasteiger partial charge is 0.412 e. The van der Waals surface area contributed by atoms with Crippen molar-refractivity contribution in [3.05, 3.63) is 34.1 Å². The summed E-state index contributed by atoms with van der Waals surface area (Å²) in [6.45, 7) is 6.57. The minimum Gasteiger partial charge on any atom is -0.489 e. The van der Waals surface area contributed by atoms with E-state index in [4.69, 9.17) is 4.74 Å². The highest BCUT2D eigenvalue weighted by Crippen LogP contribution is 2.35. The van der Waals surface area contributed by atoms with E-state index < -0.39 is 6.09 Å². The lowest BCUT2D eigenvalue weighted by Gasteiger charge is -2.25. The van der Waals surface area contributed by atoms with Crippen molar-refractivity contribution in [1.29, 1.82) is 0 Å². The number of anilines is 1. The Balaban J connectivity index is 2.88. The molecule has 7 heteroatoms. The summed E-state index contributed by atoms with van der Waals surface area (Å²) in [5.74, 6) is 0.722. The van der Waals surface area contributed by atoms with Crippen molar-refractivity contribution in [2.45, 2.75) is 46.8 Å². The topological polar surface area (TPSA) is 92.0 Å². The molecule has 1 aromatic heterocycles. The Morgan fingerprint density at radius 3 is 2.56 bits per heavy atom. The molecule has 148 valence electrons. The number of carbonyl (C=O) groups is 1. The van der Waals surface area contributed by atoms with E-state index >= 15 is 0 Å². The van der Waals surface area contributed by atoms with Gasteiger partial charge in [0.1, 0.15) is 0 Å². The molecule has 7 nitrogen and oxygen atoms in total. The molecule has 0 aliphatic carbocycles. The first-order valence-electron chi connectivity index (χ1n) is 9.21. The van der Waals surface area contributed by atoms with E-state index in [0.717, 1.165) is 17.7 Å². The van der Waals surface area contributed by atoms with Crippen molar-refractivity contribution in [2.24, 2.45) is 5.92 Å². The Morgan fingerprint density at radius 2 is 2.00 bits per heavy atom. The number of rotatable bonds is 8. The number of amides is 1. The third-order valence-corrected chi connectivity index (χ3v) is 4.34. The Hall–Kier alpha value is -2.54. The van der Waals surface area contributed by atoms with Crippen LogP contribution in [0.2, 0.25) is 0 Å². The number of nitrogens with zero attached hydrogens (tertiary/aromatic N) is 2. The number of hydrogen-bond donors (Lipinski definition) is 2. The Kier molecular flexibility index (Phi) is 6.85. The fourth-order valence-electron chi connectivity index (χ4n) is 2.97. The van der Waals surface area contributed by atoms with Crippen LogP contribution in [0.25, 0.3) is 10.8 Å². The number of aliphatic hydroxyl groups excluding tert-OH is 1. The second-order valence-electron chi connectivity index (χ2n) is 7.04. The molecule has 0 aliphatic heterocycles. The number of hydrogen-bond acceptors (Lipinski definition) is 4. The monoisotopic (exact) mass is 376 g/mol. The third-order valence-electron chi connectivity index (χ3n) is 4.34. The molecule has 0 spiro atoms. The van der Waals surface area contributed by atoms with Gasteiger partial charge in [-0.05, 0) is 30.0 Å². The van der Waals surface area contributed by atoms with Gasteiger partial charge in [0.2, 0.25) is 0 Å². The van der Waals surface area contributed by atoms with Crippen LogP contribution in [-0.2, 0) is 13.2 Å². The van der Waals surface area contributed by atoms with Crippen molar-refractivity contribution in [3.63, 3.8) is 0 Å². The lowest BCUT2D eigenvalue weighted by atomic mass is 10.1. The number of aromatic nitrogens is 1. The number of aliphatic hydroxyl groups is 1. The highest BCUT2D eigenvalue weighted by Gasteiger charge is 2.25. The van der Waals surface area contributed by atoms with E-state index in [1.165, 1.54) is 11.6 Å². The average molecular weight is 376 g/mol. The van der Waals surface area contributed by atoms with Gasteiger partial charge in [-0.15, -0.1) is 0 Å². The first-order valence-corrected chi connectivity index (χ1v) is 9.21. The molecular formula is C20H28N2O5. The zero-order valence-electron chi connectivity index (χ0n) is 16.4. The molecule has 0 unspecified atom stereocenters. The highest BCUT2D eigenvalue weighted by atomic mass is 16.5. The van der Waals surface area contributed by atoms with Crippen LogP contribution in [-0.4, -0.2) is 34.5 Å². The van der Waals surface area contributed by atoms with E-state index in [0.29, 0.717) is 35.2 Å². The number of carboxylic acid groups (broad SMARTS) is 1. The molecule has 2 N–H and O–H groups in total. The van der Waals surface area contributed by atoms with Gasteiger partial charge in [-0.1, -0.05) is 33.3 Å². The molecule has 0 saturated carbocycles. The minimum absolute atomic E-state index is 0.140. The van der Waals surface area contributed by atoms with Gasteiger partial charge in [0.25, 0.3) is 5.56 Å². The van der Waals surface area contributed by atoms with E-state index in [-0.39, 0.29) is 23.9 Å². The maximum absolute atomic E-state index is 13.1. The molecule has 2 aromatic rings. The van der Waals surface area contributed by atoms with Crippen LogP contribution in [0, 0.1) is 5.92 Å². The zero-order chi connectivity index (χ0) is 20.1. The SMILES string of the molecule is CCCCOc1c(N(C)C(=O)O)n(CC(C)C)c(=O)c2ccc(CO)cc12. The number of unbranched alkanes of at least 4 members (excludes halogenated alkanes) is 1. The van der Waals surface area contributed by atoms with Crippen LogP contribution in [0.4, 0.5) is 10.6 Å². The van der Waals surface area contributed by atoms with Crippen molar-refractivity contribution < 1.29 is 19.7 Å². The van der Waals surface area contributed by atoms with E-state index in [9.17, 15) is 19.8 Å². The summed E-state index contributed by atoms with van der Waals surface area (Å²) >= 11 is 0. The first kappa shape index (κ1) is 20.8. The highest BCUT2D eigenvalue weighted by molar-refractivity contribution is 5.96. The normalized spacial score (nSPS) is 11.2.